The summed E-state index contributed by atoms with van der Waals surface area (Å²) in [7, 11) is 1.72. The van der Waals surface area contributed by atoms with Gasteiger partial charge in [0.05, 0.1) is 11.1 Å². The summed E-state index contributed by atoms with van der Waals surface area (Å²) in [5, 5.41) is -0.00465. The van der Waals surface area contributed by atoms with E-state index in [2.05, 4.69) is 0 Å². The van der Waals surface area contributed by atoms with Crippen molar-refractivity contribution in [3.63, 3.8) is 0 Å². The molecule has 2 fully saturated rings. The maximum Gasteiger partial charge on any atom is 0.254 e. The first kappa shape index (κ1) is 13.8. The van der Waals surface area contributed by atoms with Crippen LogP contribution >= 0.6 is 11.6 Å². The van der Waals surface area contributed by atoms with Gasteiger partial charge in [-0.1, -0.05) is 11.6 Å². The van der Waals surface area contributed by atoms with Crippen molar-refractivity contribution in [3.8, 4) is 0 Å². The average Bonchev–Trinajstić information content (AvgIpc) is 2.71. The van der Waals surface area contributed by atoms with Crippen LogP contribution in [0.3, 0.4) is 0 Å². The Morgan fingerprint density at radius 3 is 2.55 bits per heavy atom. The summed E-state index contributed by atoms with van der Waals surface area (Å²) in [5.74, 6) is -0.543. The predicted octanol–water partition coefficient (Wildman–Crippen LogP) is 3.26. The van der Waals surface area contributed by atoms with Gasteiger partial charge in [-0.05, 0) is 43.9 Å². The summed E-state index contributed by atoms with van der Waals surface area (Å²) in [6.07, 6.45) is 4.05. The number of piperidine rings is 1. The molecule has 5 heteroatoms. The van der Waals surface area contributed by atoms with Crippen LogP contribution in [0.2, 0.25) is 5.02 Å². The second-order valence-electron chi connectivity index (χ2n) is 5.56. The van der Waals surface area contributed by atoms with Crippen LogP contribution in [0.25, 0.3) is 0 Å². The van der Waals surface area contributed by atoms with E-state index >= 15 is 0 Å². The van der Waals surface area contributed by atoms with Gasteiger partial charge in [0.15, 0.2) is 0 Å². The summed E-state index contributed by atoms with van der Waals surface area (Å²) >= 11 is 5.77. The number of benzene rings is 1. The smallest absolute Gasteiger partial charge is 0.254 e. The Balaban J connectivity index is 1.83. The molecule has 2 bridgehead atoms. The molecule has 3 nitrogen and oxygen atoms in total. The van der Waals surface area contributed by atoms with E-state index in [0.717, 1.165) is 25.7 Å². The minimum Gasteiger partial charge on any atom is -0.381 e. The Kier molecular flexibility index (Phi) is 3.69. The van der Waals surface area contributed by atoms with Crippen LogP contribution in [0.5, 0.6) is 0 Å². The molecular formula is C15H17ClFNO2. The Morgan fingerprint density at radius 2 is 2.00 bits per heavy atom. The maximum atomic E-state index is 13.2. The molecule has 1 aromatic rings. The molecule has 0 spiro atoms. The van der Waals surface area contributed by atoms with Crippen LogP contribution in [-0.2, 0) is 4.74 Å². The van der Waals surface area contributed by atoms with E-state index in [-0.39, 0.29) is 29.1 Å². The fraction of sp³-hybridized carbons (Fsp3) is 0.533. The van der Waals surface area contributed by atoms with E-state index in [1.165, 1.54) is 18.2 Å². The van der Waals surface area contributed by atoms with Gasteiger partial charge in [-0.15, -0.1) is 0 Å². The number of rotatable bonds is 2. The molecule has 2 aliphatic heterocycles. The first-order valence-electron chi connectivity index (χ1n) is 6.90. The van der Waals surface area contributed by atoms with Gasteiger partial charge in [-0.2, -0.15) is 0 Å². The van der Waals surface area contributed by atoms with E-state index in [4.69, 9.17) is 16.3 Å². The molecule has 0 radical (unpaired) electrons. The van der Waals surface area contributed by atoms with E-state index < -0.39 is 5.82 Å². The Bertz CT molecular complexity index is 523. The number of nitrogens with zero attached hydrogens (tertiary/aromatic N) is 1. The number of amides is 1. The zero-order valence-corrected chi connectivity index (χ0v) is 12.1. The van der Waals surface area contributed by atoms with Crippen molar-refractivity contribution >= 4 is 17.5 Å². The lowest BCUT2D eigenvalue weighted by Crippen LogP contribution is -2.48. The maximum absolute atomic E-state index is 13.2. The van der Waals surface area contributed by atoms with Gasteiger partial charge in [0, 0.05) is 24.8 Å². The summed E-state index contributed by atoms with van der Waals surface area (Å²) in [6.45, 7) is 0. The van der Waals surface area contributed by atoms with Gasteiger partial charge < -0.3 is 9.64 Å². The average molecular weight is 298 g/mol. The molecule has 1 amide bonds. The second-order valence-corrected chi connectivity index (χ2v) is 5.96. The van der Waals surface area contributed by atoms with Gasteiger partial charge in [0.25, 0.3) is 5.91 Å². The Hall–Kier alpha value is -1.13. The monoisotopic (exact) mass is 297 g/mol. The van der Waals surface area contributed by atoms with Crippen LogP contribution in [0.1, 0.15) is 36.0 Å². The SMILES string of the molecule is COC1C[C@H]2CC[C@@H](C1)N2C(=O)c1ccc(F)c(Cl)c1. The lowest BCUT2D eigenvalue weighted by Gasteiger charge is -2.38. The van der Waals surface area contributed by atoms with Crippen LogP contribution in [0.15, 0.2) is 18.2 Å². The zero-order chi connectivity index (χ0) is 14.3. The summed E-state index contributed by atoms with van der Waals surface area (Å²) < 4.78 is 18.6. The highest BCUT2D eigenvalue weighted by Crippen LogP contribution is 2.37. The minimum absolute atomic E-state index is 0.00465. The predicted molar refractivity (Wildman–Crippen MR) is 74.4 cm³/mol. The number of methoxy groups -OCH3 is 1. The normalized spacial score (nSPS) is 28.8. The molecule has 20 heavy (non-hydrogen) atoms. The van der Waals surface area contributed by atoms with Crippen molar-refractivity contribution in [2.24, 2.45) is 0 Å². The van der Waals surface area contributed by atoms with Crippen molar-refractivity contribution in [1.82, 2.24) is 4.90 Å². The number of hydrogen-bond acceptors (Lipinski definition) is 2. The quantitative estimate of drug-likeness (QED) is 0.838. The van der Waals surface area contributed by atoms with Crippen LogP contribution in [0, 0.1) is 5.82 Å². The molecule has 3 atom stereocenters. The van der Waals surface area contributed by atoms with Gasteiger partial charge >= 0.3 is 0 Å². The third-order valence-corrected chi connectivity index (χ3v) is 4.71. The standard InChI is InChI=1S/C15H17ClFNO2/c1-20-12-7-10-3-4-11(8-12)18(10)15(19)9-2-5-14(17)13(16)6-9/h2,5-6,10-12H,3-4,7-8H2,1H3/t10-,11+,12?. The largest absolute Gasteiger partial charge is 0.381 e. The molecule has 1 aromatic carbocycles. The molecule has 0 aromatic heterocycles. The van der Waals surface area contributed by atoms with Gasteiger partial charge in [0.1, 0.15) is 5.82 Å². The molecule has 2 heterocycles. The lowest BCUT2D eigenvalue weighted by atomic mass is 9.98. The molecule has 3 rings (SSSR count). The number of ether oxygens (including phenoxy) is 1. The topological polar surface area (TPSA) is 29.5 Å². The molecule has 0 saturated carbocycles. The highest BCUT2D eigenvalue weighted by Gasteiger charge is 2.43. The number of fused-ring (bicyclic) bond motifs is 2. The molecule has 2 aliphatic rings. The fourth-order valence-corrected chi connectivity index (χ4v) is 3.61. The molecule has 1 unspecified atom stereocenters. The second kappa shape index (κ2) is 5.34. The van der Waals surface area contributed by atoms with Crippen molar-refractivity contribution in [2.45, 2.75) is 43.9 Å². The summed E-state index contributed by atoms with van der Waals surface area (Å²) in [4.78, 5) is 14.6. The Morgan fingerprint density at radius 1 is 1.35 bits per heavy atom. The van der Waals surface area contributed by atoms with E-state index in [9.17, 15) is 9.18 Å². The Labute approximate surface area is 122 Å². The first-order chi connectivity index (χ1) is 9.60. The van der Waals surface area contributed by atoms with E-state index in [0.29, 0.717) is 5.56 Å². The molecular weight excluding hydrogens is 281 g/mol. The van der Waals surface area contributed by atoms with Crippen molar-refractivity contribution < 1.29 is 13.9 Å². The van der Waals surface area contributed by atoms with Crippen molar-refractivity contribution in [2.75, 3.05) is 7.11 Å². The third-order valence-electron chi connectivity index (χ3n) is 4.42. The van der Waals surface area contributed by atoms with Crippen molar-refractivity contribution in [1.29, 1.82) is 0 Å². The number of carbonyl (C=O) groups is 1. The van der Waals surface area contributed by atoms with Gasteiger partial charge in [-0.3, -0.25) is 4.79 Å². The molecule has 0 aliphatic carbocycles. The number of carbonyl (C=O) groups excluding carboxylic acids is 1. The van der Waals surface area contributed by atoms with Crippen LogP contribution < -0.4 is 0 Å². The van der Waals surface area contributed by atoms with Gasteiger partial charge in [-0.25, -0.2) is 4.39 Å². The minimum atomic E-state index is -0.496. The molecule has 0 N–H and O–H groups in total. The van der Waals surface area contributed by atoms with Crippen LogP contribution in [0.4, 0.5) is 4.39 Å². The molecule has 108 valence electrons. The number of halogens is 2. The third kappa shape index (κ3) is 2.31. The summed E-state index contributed by atoms with van der Waals surface area (Å²) in [5.41, 5.74) is 0.462. The van der Waals surface area contributed by atoms with Gasteiger partial charge in [0.2, 0.25) is 0 Å². The van der Waals surface area contributed by atoms with E-state index in [1.54, 1.807) is 7.11 Å². The van der Waals surface area contributed by atoms with Crippen molar-refractivity contribution in [3.05, 3.63) is 34.6 Å². The molecule has 2 saturated heterocycles. The number of hydrogen-bond donors (Lipinski definition) is 0. The highest BCUT2D eigenvalue weighted by molar-refractivity contribution is 6.31. The van der Waals surface area contributed by atoms with Crippen LogP contribution in [-0.4, -0.2) is 36.1 Å². The highest BCUT2D eigenvalue weighted by atomic mass is 35.5. The zero-order valence-electron chi connectivity index (χ0n) is 11.3. The first-order valence-corrected chi connectivity index (χ1v) is 7.28. The lowest BCUT2D eigenvalue weighted by molar-refractivity contribution is 0.00822. The summed E-state index contributed by atoms with van der Waals surface area (Å²) in [6, 6.07) is 4.64. The van der Waals surface area contributed by atoms with E-state index in [1.807, 2.05) is 4.90 Å². The fourth-order valence-electron chi connectivity index (χ4n) is 3.43.